The van der Waals surface area contributed by atoms with Crippen molar-refractivity contribution in [2.24, 2.45) is 5.41 Å². The minimum Gasteiger partial charge on any atom is -0.361 e. The summed E-state index contributed by atoms with van der Waals surface area (Å²) in [5, 5.41) is 0. The number of fused-ring (bicyclic) bond motifs is 1. The molecule has 0 saturated carbocycles. The Morgan fingerprint density at radius 1 is 1.50 bits per heavy atom. The Hall–Kier alpha value is -0.270. The van der Waals surface area contributed by atoms with Crippen molar-refractivity contribution in [3.8, 4) is 0 Å². The molecule has 2 rings (SSSR count). The molecule has 1 nitrogen and oxygen atoms in total. The first-order valence-corrected chi connectivity index (χ1v) is 4.79. The molecule has 0 amide bonds. The van der Waals surface area contributed by atoms with Crippen LogP contribution in [-0.2, 0) is 4.74 Å². The van der Waals surface area contributed by atoms with E-state index in [1.54, 1.807) is 0 Å². The molecular formula is C10H13ClO. The molecule has 1 heterocycles. The molecule has 2 aliphatic rings. The van der Waals surface area contributed by atoms with Gasteiger partial charge in [0.2, 0.25) is 0 Å². The summed E-state index contributed by atoms with van der Waals surface area (Å²) < 4.78 is 5.34. The van der Waals surface area contributed by atoms with E-state index in [2.05, 4.69) is 32.1 Å². The summed E-state index contributed by atoms with van der Waals surface area (Å²) in [5.74, 6) is 0.653. The fraction of sp³-hybridized carbons (Fsp3) is 0.600. The maximum absolute atomic E-state index is 5.87. The second-order valence-electron chi connectivity index (χ2n) is 4.06. The number of halogens is 1. The first-order chi connectivity index (χ1) is 5.63. The lowest BCUT2D eigenvalue weighted by molar-refractivity contribution is 0.413. The van der Waals surface area contributed by atoms with Crippen LogP contribution in [0.25, 0.3) is 0 Å². The third-order valence-electron chi connectivity index (χ3n) is 2.49. The average molecular weight is 185 g/mol. The highest BCUT2D eigenvalue weighted by Gasteiger charge is 2.38. The Bertz CT molecular complexity index is 253. The zero-order chi connectivity index (χ0) is 8.77. The SMILES string of the molecule is CC(C)(CCl)C1=C[C@H]2O[C@H]2C=C1. The van der Waals surface area contributed by atoms with Gasteiger partial charge in [-0.15, -0.1) is 11.6 Å². The van der Waals surface area contributed by atoms with Crippen molar-refractivity contribution in [1.29, 1.82) is 0 Å². The summed E-state index contributed by atoms with van der Waals surface area (Å²) in [6.45, 7) is 4.30. The Balaban J connectivity index is 2.18. The first-order valence-electron chi connectivity index (χ1n) is 4.25. The number of ether oxygens (including phenoxy) is 1. The molecule has 1 aliphatic heterocycles. The zero-order valence-corrected chi connectivity index (χ0v) is 8.14. The minimum atomic E-state index is 0.0783. The molecule has 0 aromatic rings. The van der Waals surface area contributed by atoms with Gasteiger partial charge >= 0.3 is 0 Å². The Kier molecular flexibility index (Phi) is 1.81. The van der Waals surface area contributed by atoms with Crippen molar-refractivity contribution in [2.75, 3.05) is 5.88 Å². The van der Waals surface area contributed by atoms with Crippen LogP contribution in [0.1, 0.15) is 13.8 Å². The zero-order valence-electron chi connectivity index (χ0n) is 7.38. The smallest absolute Gasteiger partial charge is 0.107 e. The second-order valence-corrected chi connectivity index (χ2v) is 4.33. The van der Waals surface area contributed by atoms with Crippen LogP contribution in [0.5, 0.6) is 0 Å². The molecule has 1 saturated heterocycles. The van der Waals surface area contributed by atoms with Crippen LogP contribution in [0.3, 0.4) is 0 Å². The summed E-state index contributed by atoms with van der Waals surface area (Å²) in [6.07, 6.45) is 7.14. The lowest BCUT2D eigenvalue weighted by Crippen LogP contribution is -2.17. The van der Waals surface area contributed by atoms with E-state index in [0.29, 0.717) is 18.1 Å². The van der Waals surface area contributed by atoms with Crippen molar-refractivity contribution < 1.29 is 4.74 Å². The van der Waals surface area contributed by atoms with E-state index in [9.17, 15) is 0 Å². The van der Waals surface area contributed by atoms with Crippen LogP contribution >= 0.6 is 11.6 Å². The van der Waals surface area contributed by atoms with E-state index in [1.165, 1.54) is 5.57 Å². The number of rotatable bonds is 2. The van der Waals surface area contributed by atoms with Gasteiger partial charge in [-0.3, -0.25) is 0 Å². The molecule has 1 fully saturated rings. The van der Waals surface area contributed by atoms with Gasteiger partial charge in [0, 0.05) is 11.3 Å². The normalized spacial score (nSPS) is 32.8. The highest BCUT2D eigenvalue weighted by Crippen LogP contribution is 2.37. The van der Waals surface area contributed by atoms with Gasteiger partial charge in [-0.05, 0) is 11.6 Å². The third kappa shape index (κ3) is 1.32. The Morgan fingerprint density at radius 3 is 2.83 bits per heavy atom. The van der Waals surface area contributed by atoms with E-state index >= 15 is 0 Å². The molecule has 2 heteroatoms. The van der Waals surface area contributed by atoms with Crippen molar-refractivity contribution in [2.45, 2.75) is 26.1 Å². The summed E-state index contributed by atoms with van der Waals surface area (Å²) in [7, 11) is 0. The summed E-state index contributed by atoms with van der Waals surface area (Å²) >= 11 is 5.87. The minimum absolute atomic E-state index is 0.0783. The van der Waals surface area contributed by atoms with Crippen molar-refractivity contribution in [1.82, 2.24) is 0 Å². The molecule has 0 N–H and O–H groups in total. The molecule has 0 aromatic heterocycles. The van der Waals surface area contributed by atoms with Crippen molar-refractivity contribution in [3.63, 3.8) is 0 Å². The summed E-state index contributed by atoms with van der Waals surface area (Å²) in [5.41, 5.74) is 1.38. The average Bonchev–Trinajstić information content (AvgIpc) is 2.81. The molecule has 0 aromatic carbocycles. The number of epoxide rings is 1. The van der Waals surface area contributed by atoms with Crippen molar-refractivity contribution in [3.05, 3.63) is 23.8 Å². The quantitative estimate of drug-likeness (QED) is 0.475. The van der Waals surface area contributed by atoms with E-state index in [0.717, 1.165) is 0 Å². The Labute approximate surface area is 78.0 Å². The van der Waals surface area contributed by atoms with Crippen LogP contribution in [0.15, 0.2) is 23.8 Å². The number of alkyl halides is 1. The fourth-order valence-corrected chi connectivity index (χ4v) is 1.54. The van der Waals surface area contributed by atoms with Crippen LogP contribution < -0.4 is 0 Å². The van der Waals surface area contributed by atoms with Gasteiger partial charge in [0.1, 0.15) is 12.2 Å². The van der Waals surface area contributed by atoms with E-state index in [4.69, 9.17) is 16.3 Å². The van der Waals surface area contributed by atoms with Crippen LogP contribution in [0, 0.1) is 5.41 Å². The molecular weight excluding hydrogens is 172 g/mol. The van der Waals surface area contributed by atoms with Gasteiger partial charge in [-0.1, -0.05) is 26.0 Å². The standard InChI is InChI=1S/C10H13ClO/c1-10(2,6-11)7-3-4-8-9(5-7)12-8/h3-5,8-9H,6H2,1-2H3/t8-,9+/m0/s1. The molecule has 1 aliphatic carbocycles. The number of allylic oxidation sites excluding steroid dienone is 2. The Morgan fingerprint density at radius 2 is 2.25 bits per heavy atom. The highest BCUT2D eigenvalue weighted by atomic mass is 35.5. The first kappa shape index (κ1) is 8.33. The van der Waals surface area contributed by atoms with Gasteiger partial charge < -0.3 is 4.74 Å². The highest BCUT2D eigenvalue weighted by molar-refractivity contribution is 6.18. The molecule has 0 bridgehead atoms. The maximum atomic E-state index is 5.87. The molecule has 66 valence electrons. The fourth-order valence-electron chi connectivity index (χ4n) is 1.38. The number of hydrogen-bond donors (Lipinski definition) is 0. The molecule has 0 radical (unpaired) electrons. The van der Waals surface area contributed by atoms with Crippen LogP contribution in [0.4, 0.5) is 0 Å². The number of hydrogen-bond acceptors (Lipinski definition) is 1. The third-order valence-corrected chi connectivity index (χ3v) is 3.15. The summed E-state index contributed by atoms with van der Waals surface area (Å²) in [4.78, 5) is 0. The molecule has 0 spiro atoms. The van der Waals surface area contributed by atoms with Gasteiger partial charge in [0.25, 0.3) is 0 Å². The lowest BCUT2D eigenvalue weighted by atomic mass is 9.83. The predicted molar refractivity (Wildman–Crippen MR) is 50.4 cm³/mol. The monoisotopic (exact) mass is 184 g/mol. The van der Waals surface area contributed by atoms with Crippen LogP contribution in [-0.4, -0.2) is 18.1 Å². The van der Waals surface area contributed by atoms with Gasteiger partial charge in [-0.2, -0.15) is 0 Å². The topological polar surface area (TPSA) is 12.5 Å². The molecule has 12 heavy (non-hydrogen) atoms. The second kappa shape index (κ2) is 2.61. The van der Waals surface area contributed by atoms with E-state index < -0.39 is 0 Å². The summed E-state index contributed by atoms with van der Waals surface area (Å²) in [6, 6.07) is 0. The maximum Gasteiger partial charge on any atom is 0.107 e. The predicted octanol–water partition coefficient (Wildman–Crippen LogP) is 2.52. The molecule has 0 unspecified atom stereocenters. The van der Waals surface area contributed by atoms with Crippen LogP contribution in [0.2, 0.25) is 0 Å². The lowest BCUT2D eigenvalue weighted by Gasteiger charge is -2.24. The van der Waals surface area contributed by atoms with E-state index in [-0.39, 0.29) is 5.41 Å². The molecule has 2 atom stereocenters. The van der Waals surface area contributed by atoms with Gasteiger partial charge in [-0.25, -0.2) is 0 Å². The largest absolute Gasteiger partial charge is 0.361 e. The van der Waals surface area contributed by atoms with E-state index in [1.807, 2.05) is 0 Å². The van der Waals surface area contributed by atoms with Gasteiger partial charge in [0.05, 0.1) is 0 Å². The van der Waals surface area contributed by atoms with Crippen molar-refractivity contribution >= 4 is 11.6 Å². The van der Waals surface area contributed by atoms with Gasteiger partial charge in [0.15, 0.2) is 0 Å².